The van der Waals surface area contributed by atoms with E-state index in [1.54, 1.807) is 0 Å². The standard InChI is InChI=1S/C18H25NO2/c20-12-14-9-5-2-6-10-17(14)19-18(21)16-11-15(16)13-7-3-1-4-8-13/h1,3-4,7-8,14-17,20H,2,5-6,9-12H2,(H,19,21). The SMILES string of the molecule is O=C(NC1CCCCCC1CO)C1CC1c1ccccc1. The van der Waals surface area contributed by atoms with Gasteiger partial charge >= 0.3 is 0 Å². The largest absolute Gasteiger partial charge is 0.396 e. The van der Waals surface area contributed by atoms with Crippen LogP contribution in [-0.4, -0.2) is 23.7 Å². The molecule has 3 heteroatoms. The molecule has 0 spiro atoms. The van der Waals surface area contributed by atoms with E-state index >= 15 is 0 Å². The lowest BCUT2D eigenvalue weighted by Gasteiger charge is -2.24. The molecule has 0 aliphatic heterocycles. The van der Waals surface area contributed by atoms with Gasteiger partial charge in [0.25, 0.3) is 0 Å². The molecule has 1 aromatic rings. The van der Waals surface area contributed by atoms with E-state index in [9.17, 15) is 9.90 Å². The number of hydrogen-bond donors (Lipinski definition) is 2. The molecule has 0 radical (unpaired) electrons. The summed E-state index contributed by atoms with van der Waals surface area (Å²) in [6.07, 6.45) is 6.57. The average Bonchev–Trinajstić information content (AvgIpc) is 3.32. The summed E-state index contributed by atoms with van der Waals surface area (Å²) in [6, 6.07) is 10.5. The summed E-state index contributed by atoms with van der Waals surface area (Å²) >= 11 is 0. The van der Waals surface area contributed by atoms with Crippen LogP contribution in [0.4, 0.5) is 0 Å². The van der Waals surface area contributed by atoms with Crippen LogP contribution in [-0.2, 0) is 4.79 Å². The average molecular weight is 287 g/mol. The fourth-order valence-corrected chi connectivity index (χ4v) is 3.64. The molecule has 3 nitrogen and oxygen atoms in total. The van der Waals surface area contributed by atoms with E-state index < -0.39 is 0 Å². The zero-order chi connectivity index (χ0) is 14.7. The quantitative estimate of drug-likeness (QED) is 0.837. The third-order valence-electron chi connectivity index (χ3n) is 5.08. The molecule has 4 unspecified atom stereocenters. The van der Waals surface area contributed by atoms with Crippen molar-refractivity contribution in [1.82, 2.24) is 5.32 Å². The number of benzene rings is 1. The number of amides is 1. The fraction of sp³-hybridized carbons (Fsp3) is 0.611. The zero-order valence-electron chi connectivity index (χ0n) is 12.5. The summed E-state index contributed by atoms with van der Waals surface area (Å²) in [5, 5.41) is 12.8. The van der Waals surface area contributed by atoms with Crippen LogP contribution in [0.2, 0.25) is 0 Å². The van der Waals surface area contributed by atoms with E-state index in [-0.39, 0.29) is 30.4 Å². The van der Waals surface area contributed by atoms with E-state index in [2.05, 4.69) is 17.4 Å². The number of rotatable bonds is 4. The second kappa shape index (κ2) is 6.61. The summed E-state index contributed by atoms with van der Waals surface area (Å²) in [6.45, 7) is 0.192. The van der Waals surface area contributed by atoms with Gasteiger partial charge in [-0.3, -0.25) is 4.79 Å². The molecule has 0 heterocycles. The van der Waals surface area contributed by atoms with Gasteiger partial charge in [0.2, 0.25) is 5.91 Å². The molecule has 0 aromatic heterocycles. The van der Waals surface area contributed by atoms with Gasteiger partial charge in [0.15, 0.2) is 0 Å². The Kier molecular flexibility index (Phi) is 4.59. The van der Waals surface area contributed by atoms with Gasteiger partial charge in [-0.2, -0.15) is 0 Å². The molecule has 114 valence electrons. The van der Waals surface area contributed by atoms with Crippen LogP contribution in [0.15, 0.2) is 30.3 Å². The van der Waals surface area contributed by atoms with Gasteiger partial charge < -0.3 is 10.4 Å². The highest BCUT2D eigenvalue weighted by Gasteiger charge is 2.44. The van der Waals surface area contributed by atoms with Gasteiger partial charge in [-0.15, -0.1) is 0 Å². The minimum Gasteiger partial charge on any atom is -0.396 e. The Morgan fingerprint density at radius 1 is 1.14 bits per heavy atom. The normalized spacial score (nSPS) is 32.2. The van der Waals surface area contributed by atoms with Gasteiger partial charge in [-0.1, -0.05) is 49.6 Å². The molecule has 4 atom stereocenters. The van der Waals surface area contributed by atoms with Crippen molar-refractivity contribution in [2.75, 3.05) is 6.61 Å². The predicted molar refractivity (Wildman–Crippen MR) is 82.9 cm³/mol. The first-order valence-corrected chi connectivity index (χ1v) is 8.25. The van der Waals surface area contributed by atoms with Crippen molar-refractivity contribution in [2.45, 2.75) is 50.5 Å². The van der Waals surface area contributed by atoms with Crippen LogP contribution < -0.4 is 5.32 Å². The van der Waals surface area contributed by atoms with Crippen molar-refractivity contribution in [3.05, 3.63) is 35.9 Å². The van der Waals surface area contributed by atoms with Gasteiger partial charge in [0, 0.05) is 24.5 Å². The summed E-state index contributed by atoms with van der Waals surface area (Å²) in [7, 11) is 0. The molecule has 2 aliphatic rings. The van der Waals surface area contributed by atoms with Crippen LogP contribution >= 0.6 is 0 Å². The minimum atomic E-state index is 0.134. The highest BCUT2D eigenvalue weighted by molar-refractivity contribution is 5.83. The van der Waals surface area contributed by atoms with E-state index in [4.69, 9.17) is 0 Å². The Bertz CT molecular complexity index is 473. The molecule has 0 bridgehead atoms. The lowest BCUT2D eigenvalue weighted by molar-refractivity contribution is -0.123. The summed E-state index contributed by atoms with van der Waals surface area (Å²) in [4.78, 5) is 12.4. The second-order valence-electron chi connectivity index (χ2n) is 6.56. The van der Waals surface area contributed by atoms with E-state index in [1.807, 2.05) is 18.2 Å². The number of nitrogens with one attached hydrogen (secondary N) is 1. The summed E-state index contributed by atoms with van der Waals surface area (Å²) in [5.41, 5.74) is 1.28. The first-order valence-electron chi connectivity index (χ1n) is 8.25. The molecule has 1 amide bonds. The lowest BCUT2D eigenvalue weighted by Crippen LogP contribution is -2.42. The fourth-order valence-electron chi connectivity index (χ4n) is 3.64. The molecular formula is C18H25NO2. The Morgan fingerprint density at radius 2 is 1.90 bits per heavy atom. The number of carbonyl (C=O) groups is 1. The summed E-state index contributed by atoms with van der Waals surface area (Å²) < 4.78 is 0. The molecule has 2 saturated carbocycles. The highest BCUT2D eigenvalue weighted by atomic mass is 16.3. The molecule has 0 saturated heterocycles. The highest BCUT2D eigenvalue weighted by Crippen LogP contribution is 2.47. The van der Waals surface area contributed by atoms with Gasteiger partial charge in [-0.05, 0) is 30.7 Å². The molecular weight excluding hydrogens is 262 g/mol. The minimum absolute atomic E-state index is 0.134. The van der Waals surface area contributed by atoms with E-state index in [0.717, 1.165) is 25.7 Å². The van der Waals surface area contributed by atoms with Crippen LogP contribution in [0.25, 0.3) is 0 Å². The van der Waals surface area contributed by atoms with Crippen molar-refractivity contribution in [2.24, 2.45) is 11.8 Å². The smallest absolute Gasteiger partial charge is 0.223 e. The van der Waals surface area contributed by atoms with Crippen molar-refractivity contribution in [3.8, 4) is 0 Å². The van der Waals surface area contributed by atoms with Crippen LogP contribution in [0.1, 0.15) is 50.0 Å². The maximum atomic E-state index is 12.4. The van der Waals surface area contributed by atoms with Crippen LogP contribution in [0.5, 0.6) is 0 Å². The molecule has 3 rings (SSSR count). The first-order chi connectivity index (χ1) is 10.3. The third-order valence-corrected chi connectivity index (χ3v) is 5.08. The molecule has 1 aromatic carbocycles. The van der Waals surface area contributed by atoms with Crippen LogP contribution in [0.3, 0.4) is 0 Å². The van der Waals surface area contributed by atoms with Gasteiger partial charge in [0.05, 0.1) is 0 Å². The summed E-state index contributed by atoms with van der Waals surface area (Å²) in [5.74, 6) is 0.958. The molecule has 2 N–H and O–H groups in total. The van der Waals surface area contributed by atoms with Gasteiger partial charge in [-0.25, -0.2) is 0 Å². The number of aliphatic hydroxyl groups excluding tert-OH is 1. The van der Waals surface area contributed by atoms with E-state index in [0.29, 0.717) is 5.92 Å². The Morgan fingerprint density at radius 3 is 2.67 bits per heavy atom. The van der Waals surface area contributed by atoms with Crippen molar-refractivity contribution in [3.63, 3.8) is 0 Å². The number of carbonyl (C=O) groups excluding carboxylic acids is 1. The maximum absolute atomic E-state index is 12.4. The number of aliphatic hydroxyl groups is 1. The van der Waals surface area contributed by atoms with Gasteiger partial charge in [0.1, 0.15) is 0 Å². The molecule has 2 aliphatic carbocycles. The third kappa shape index (κ3) is 3.46. The van der Waals surface area contributed by atoms with Crippen molar-refractivity contribution < 1.29 is 9.90 Å². The Labute approximate surface area is 126 Å². The Hall–Kier alpha value is -1.35. The second-order valence-corrected chi connectivity index (χ2v) is 6.56. The lowest BCUT2D eigenvalue weighted by atomic mass is 9.95. The maximum Gasteiger partial charge on any atom is 0.223 e. The van der Waals surface area contributed by atoms with E-state index in [1.165, 1.54) is 18.4 Å². The molecule has 2 fully saturated rings. The molecule has 21 heavy (non-hydrogen) atoms. The first kappa shape index (κ1) is 14.6. The Balaban J connectivity index is 1.57. The monoisotopic (exact) mass is 287 g/mol. The predicted octanol–water partition coefficient (Wildman–Crippen LogP) is 2.85. The number of hydrogen-bond acceptors (Lipinski definition) is 2. The van der Waals surface area contributed by atoms with Crippen molar-refractivity contribution in [1.29, 1.82) is 0 Å². The van der Waals surface area contributed by atoms with Crippen LogP contribution in [0, 0.1) is 11.8 Å². The zero-order valence-corrected chi connectivity index (χ0v) is 12.5. The topological polar surface area (TPSA) is 49.3 Å². The van der Waals surface area contributed by atoms with Crippen molar-refractivity contribution >= 4 is 5.91 Å².